The predicted molar refractivity (Wildman–Crippen MR) is 105 cm³/mol. The van der Waals surface area contributed by atoms with Crippen LogP contribution in [-0.4, -0.2) is 28.0 Å². The smallest absolute Gasteiger partial charge is 0.265 e. The zero-order valence-electron chi connectivity index (χ0n) is 16.3. The molecule has 27 heavy (non-hydrogen) atoms. The molecule has 0 aliphatic heterocycles. The maximum atomic E-state index is 12.9. The van der Waals surface area contributed by atoms with Crippen LogP contribution >= 0.6 is 0 Å². The van der Waals surface area contributed by atoms with Crippen molar-refractivity contribution < 1.29 is 8.42 Å². The van der Waals surface area contributed by atoms with E-state index in [4.69, 9.17) is 0 Å². The molecule has 3 aromatic rings. The van der Waals surface area contributed by atoms with Crippen LogP contribution < -0.4 is 4.72 Å². The van der Waals surface area contributed by atoms with E-state index in [0.29, 0.717) is 30.2 Å². The van der Waals surface area contributed by atoms with E-state index >= 15 is 0 Å². The molecule has 0 saturated heterocycles. The van der Waals surface area contributed by atoms with Gasteiger partial charge < -0.3 is 0 Å². The van der Waals surface area contributed by atoms with E-state index in [2.05, 4.69) is 39.2 Å². The van der Waals surface area contributed by atoms with Gasteiger partial charge in [-0.1, -0.05) is 29.8 Å². The molecule has 0 fully saturated rings. The highest BCUT2D eigenvalue weighted by molar-refractivity contribution is 7.92. The van der Waals surface area contributed by atoms with Gasteiger partial charge in [0.1, 0.15) is 4.90 Å². The summed E-state index contributed by atoms with van der Waals surface area (Å²) in [5.41, 5.74) is 4.86. The maximum absolute atomic E-state index is 12.9. The minimum atomic E-state index is -3.73. The van der Waals surface area contributed by atoms with Gasteiger partial charge in [-0.05, 0) is 40.2 Å². The van der Waals surface area contributed by atoms with E-state index in [1.807, 2.05) is 25.5 Å². The van der Waals surface area contributed by atoms with Crippen molar-refractivity contribution in [2.24, 2.45) is 0 Å². The van der Waals surface area contributed by atoms with Crippen molar-refractivity contribution >= 4 is 15.7 Å². The molecule has 0 amide bonds. The highest BCUT2D eigenvalue weighted by atomic mass is 32.2. The third-order valence-corrected chi connectivity index (χ3v) is 6.17. The van der Waals surface area contributed by atoms with Gasteiger partial charge in [-0.25, -0.2) is 8.42 Å². The minimum Gasteiger partial charge on any atom is -0.276 e. The van der Waals surface area contributed by atoms with Crippen molar-refractivity contribution in [2.75, 3.05) is 4.72 Å². The first-order chi connectivity index (χ1) is 12.7. The highest BCUT2D eigenvalue weighted by Gasteiger charge is 2.24. The summed E-state index contributed by atoms with van der Waals surface area (Å²) in [6, 6.07) is 8.22. The lowest BCUT2D eigenvalue weighted by Gasteiger charge is -2.09. The Morgan fingerprint density at radius 1 is 1.00 bits per heavy atom. The molecule has 0 aliphatic rings. The van der Waals surface area contributed by atoms with Gasteiger partial charge in [-0.2, -0.15) is 10.2 Å². The summed E-state index contributed by atoms with van der Waals surface area (Å²) in [4.78, 5) is 0.189. The lowest BCUT2D eigenvalue weighted by Crippen LogP contribution is -2.15. The van der Waals surface area contributed by atoms with Crippen LogP contribution in [0.3, 0.4) is 0 Å². The average Bonchev–Trinajstić information content (AvgIpc) is 3.12. The summed E-state index contributed by atoms with van der Waals surface area (Å²) in [5, 5.41) is 8.65. The van der Waals surface area contributed by atoms with Crippen LogP contribution in [0.4, 0.5) is 5.69 Å². The molecule has 3 rings (SSSR count). The lowest BCUT2D eigenvalue weighted by atomic mass is 10.1. The molecule has 0 spiro atoms. The third kappa shape index (κ3) is 3.75. The van der Waals surface area contributed by atoms with E-state index in [1.165, 1.54) is 11.8 Å². The zero-order valence-corrected chi connectivity index (χ0v) is 17.1. The maximum Gasteiger partial charge on any atom is 0.265 e. The Balaban J connectivity index is 1.90. The minimum absolute atomic E-state index is 0.189. The molecular formula is C19H25N5O2S. The first kappa shape index (κ1) is 19.2. The predicted octanol–water partition coefficient (Wildman–Crippen LogP) is 3.18. The normalized spacial score (nSPS) is 11.7. The SMILES string of the molecule is CCn1ncc(S(=O)(=O)Nc2c(C)nn(Cc3ccc(C)cc3)c2C)c1C. The molecule has 0 bridgehead atoms. The number of hydrogen-bond acceptors (Lipinski definition) is 4. The molecule has 1 N–H and O–H groups in total. The topological polar surface area (TPSA) is 81.8 Å². The van der Waals surface area contributed by atoms with Gasteiger partial charge in [-0.15, -0.1) is 0 Å². The fourth-order valence-corrected chi connectivity index (χ4v) is 4.42. The van der Waals surface area contributed by atoms with E-state index in [9.17, 15) is 8.42 Å². The van der Waals surface area contributed by atoms with Crippen molar-refractivity contribution in [2.45, 2.75) is 52.6 Å². The number of aromatic nitrogens is 4. The van der Waals surface area contributed by atoms with Crippen molar-refractivity contribution in [3.05, 3.63) is 58.7 Å². The van der Waals surface area contributed by atoms with E-state index in [-0.39, 0.29) is 4.90 Å². The highest BCUT2D eigenvalue weighted by Crippen LogP contribution is 2.25. The lowest BCUT2D eigenvalue weighted by molar-refractivity contribution is 0.598. The Bertz CT molecular complexity index is 1060. The molecule has 0 unspecified atom stereocenters. The van der Waals surface area contributed by atoms with Gasteiger partial charge in [0.2, 0.25) is 0 Å². The number of nitrogens with zero attached hydrogens (tertiary/aromatic N) is 4. The monoisotopic (exact) mass is 387 g/mol. The van der Waals surface area contributed by atoms with Crippen molar-refractivity contribution in [3.63, 3.8) is 0 Å². The number of anilines is 1. The first-order valence-corrected chi connectivity index (χ1v) is 10.4. The number of rotatable bonds is 6. The summed E-state index contributed by atoms with van der Waals surface area (Å²) in [7, 11) is -3.73. The second-order valence-corrected chi connectivity index (χ2v) is 8.36. The molecule has 8 heteroatoms. The Morgan fingerprint density at radius 2 is 1.67 bits per heavy atom. The summed E-state index contributed by atoms with van der Waals surface area (Å²) < 4.78 is 31.9. The second kappa shape index (κ2) is 7.19. The molecule has 144 valence electrons. The quantitative estimate of drug-likeness (QED) is 0.704. The Kier molecular flexibility index (Phi) is 5.10. The molecule has 0 saturated carbocycles. The van der Waals surface area contributed by atoms with E-state index in [0.717, 1.165) is 11.3 Å². The largest absolute Gasteiger partial charge is 0.276 e. The molecule has 0 radical (unpaired) electrons. The van der Waals surface area contributed by atoms with Gasteiger partial charge in [0.15, 0.2) is 0 Å². The number of hydrogen-bond donors (Lipinski definition) is 1. The molecule has 2 aromatic heterocycles. The molecule has 0 aliphatic carbocycles. The van der Waals surface area contributed by atoms with Crippen molar-refractivity contribution in [1.82, 2.24) is 19.6 Å². The van der Waals surface area contributed by atoms with Gasteiger partial charge >= 0.3 is 0 Å². The van der Waals surface area contributed by atoms with Crippen LogP contribution in [-0.2, 0) is 23.1 Å². The van der Waals surface area contributed by atoms with E-state index in [1.54, 1.807) is 18.5 Å². The van der Waals surface area contributed by atoms with Gasteiger partial charge in [-0.3, -0.25) is 14.1 Å². The number of benzene rings is 1. The van der Waals surface area contributed by atoms with Crippen LogP contribution in [0.25, 0.3) is 0 Å². The fourth-order valence-electron chi connectivity index (χ4n) is 3.07. The zero-order chi connectivity index (χ0) is 19.8. The van der Waals surface area contributed by atoms with Crippen LogP contribution in [0.5, 0.6) is 0 Å². The Morgan fingerprint density at radius 3 is 2.26 bits per heavy atom. The summed E-state index contributed by atoms with van der Waals surface area (Å²) in [6.07, 6.45) is 1.39. The van der Waals surface area contributed by atoms with Crippen LogP contribution in [0.2, 0.25) is 0 Å². The van der Waals surface area contributed by atoms with Crippen LogP contribution in [0.1, 0.15) is 35.1 Å². The number of nitrogens with one attached hydrogen (secondary N) is 1. The molecule has 1 aromatic carbocycles. The van der Waals surface area contributed by atoms with Crippen LogP contribution in [0, 0.1) is 27.7 Å². The molecule has 2 heterocycles. The Labute approximate surface area is 160 Å². The summed E-state index contributed by atoms with van der Waals surface area (Å²) >= 11 is 0. The fraction of sp³-hybridized carbons (Fsp3) is 0.368. The Hall–Kier alpha value is -2.61. The summed E-state index contributed by atoms with van der Waals surface area (Å²) in [5.74, 6) is 0. The second-order valence-electron chi connectivity index (χ2n) is 6.70. The van der Waals surface area contributed by atoms with Gasteiger partial charge in [0.05, 0.1) is 35.5 Å². The average molecular weight is 388 g/mol. The van der Waals surface area contributed by atoms with Crippen molar-refractivity contribution in [1.29, 1.82) is 0 Å². The standard InChI is InChI=1S/C19H25N5O2S/c1-6-23-15(4)18(11-20-23)27(25,26)22-19-14(3)21-24(16(19)5)12-17-9-7-13(2)8-10-17/h7-11,22H,6,12H2,1-5H3. The van der Waals surface area contributed by atoms with Gasteiger partial charge in [0, 0.05) is 6.54 Å². The molecule has 0 atom stereocenters. The molecular weight excluding hydrogens is 362 g/mol. The summed E-state index contributed by atoms with van der Waals surface area (Å²) in [6.45, 7) is 10.6. The molecule has 7 nitrogen and oxygen atoms in total. The number of sulfonamides is 1. The number of aryl methyl sites for hydroxylation is 3. The van der Waals surface area contributed by atoms with Gasteiger partial charge in [0.25, 0.3) is 10.0 Å². The van der Waals surface area contributed by atoms with Crippen LogP contribution in [0.15, 0.2) is 35.4 Å². The third-order valence-electron chi connectivity index (χ3n) is 4.72. The van der Waals surface area contributed by atoms with E-state index < -0.39 is 10.0 Å². The van der Waals surface area contributed by atoms with Crippen molar-refractivity contribution in [3.8, 4) is 0 Å². The first-order valence-electron chi connectivity index (χ1n) is 8.87.